The predicted octanol–water partition coefficient (Wildman–Crippen LogP) is 5.96. The zero-order valence-corrected chi connectivity index (χ0v) is 24.8. The van der Waals surface area contributed by atoms with Gasteiger partial charge in [0.05, 0.1) is 32.1 Å². The summed E-state index contributed by atoms with van der Waals surface area (Å²) >= 11 is 12.0. The van der Waals surface area contributed by atoms with Gasteiger partial charge < -0.3 is 15.7 Å². The molecular weight excluding hydrogens is 614 g/mol. The molecule has 15 heteroatoms. The number of nitrogens with zero attached hydrogens (tertiary/aromatic N) is 2. The van der Waals surface area contributed by atoms with Gasteiger partial charge in [-0.2, -0.15) is 4.98 Å². The summed E-state index contributed by atoms with van der Waals surface area (Å²) in [5.41, 5.74) is 0.989. The fourth-order valence-corrected chi connectivity index (χ4v) is 6.11. The number of benzene rings is 3. The van der Waals surface area contributed by atoms with Gasteiger partial charge in [0.25, 0.3) is 10.0 Å². The highest BCUT2D eigenvalue weighted by Gasteiger charge is 2.22. The summed E-state index contributed by atoms with van der Waals surface area (Å²) in [6, 6.07) is 14.0. The first kappa shape index (κ1) is 30.5. The molecule has 4 aromatic rings. The van der Waals surface area contributed by atoms with Gasteiger partial charge in [-0.1, -0.05) is 35.3 Å². The number of anilines is 4. The standard InChI is InChI=1S/C26H25Cl2FN6O4S2/c1-15(14-36)32-25-19(13-31-26(34-25)33-17-7-9-18(10-8-17)40(2,30)37)16-6-11-22(21(29)12-16)35-41(38,39)23-5-3-4-20(27)24(23)28/h3-13,15,30,35-36H,14H2,1-2H3,(H2,31,32,33,34). The fraction of sp³-hybridized carbons (Fsp3) is 0.154. The molecule has 0 spiro atoms. The maximum atomic E-state index is 15.2. The second kappa shape index (κ2) is 12.2. The van der Waals surface area contributed by atoms with Gasteiger partial charge in [0, 0.05) is 34.6 Å². The van der Waals surface area contributed by atoms with Crippen molar-refractivity contribution in [2.24, 2.45) is 0 Å². The zero-order chi connectivity index (χ0) is 29.9. The smallest absolute Gasteiger partial charge is 0.263 e. The van der Waals surface area contributed by atoms with E-state index in [1.807, 2.05) is 0 Å². The van der Waals surface area contributed by atoms with E-state index in [9.17, 15) is 17.7 Å². The first-order chi connectivity index (χ1) is 19.3. The molecule has 0 saturated heterocycles. The van der Waals surface area contributed by atoms with Crippen LogP contribution in [-0.4, -0.2) is 46.6 Å². The van der Waals surface area contributed by atoms with Gasteiger partial charge in [0.1, 0.15) is 16.5 Å². The lowest BCUT2D eigenvalue weighted by molar-refractivity contribution is 0.281. The molecule has 5 N–H and O–H groups in total. The van der Waals surface area contributed by atoms with Gasteiger partial charge in [-0.25, -0.2) is 26.8 Å². The number of sulfonamides is 1. The highest BCUT2D eigenvalue weighted by Crippen LogP contribution is 2.33. The third kappa shape index (κ3) is 7.24. The van der Waals surface area contributed by atoms with Gasteiger partial charge in [-0.05, 0) is 61.0 Å². The van der Waals surface area contributed by atoms with Crippen LogP contribution >= 0.6 is 23.2 Å². The van der Waals surface area contributed by atoms with Gasteiger partial charge in [0.15, 0.2) is 0 Å². The molecule has 1 heterocycles. The van der Waals surface area contributed by atoms with Gasteiger partial charge in [-0.15, -0.1) is 0 Å². The van der Waals surface area contributed by atoms with Crippen molar-refractivity contribution >= 4 is 66.1 Å². The van der Waals surface area contributed by atoms with Crippen molar-refractivity contribution in [3.63, 3.8) is 0 Å². The van der Waals surface area contributed by atoms with E-state index in [2.05, 4.69) is 25.3 Å². The Labute approximate surface area is 247 Å². The number of hydrogen-bond acceptors (Lipinski definition) is 9. The molecule has 216 valence electrons. The van der Waals surface area contributed by atoms with Crippen molar-refractivity contribution in [2.45, 2.75) is 22.8 Å². The van der Waals surface area contributed by atoms with Crippen molar-refractivity contribution in [1.82, 2.24) is 9.97 Å². The Balaban J connectivity index is 1.64. The van der Waals surface area contributed by atoms with E-state index in [1.54, 1.807) is 31.2 Å². The van der Waals surface area contributed by atoms with Crippen molar-refractivity contribution in [1.29, 1.82) is 4.78 Å². The van der Waals surface area contributed by atoms with E-state index in [-0.39, 0.29) is 39.0 Å². The molecule has 0 aliphatic heterocycles. The summed E-state index contributed by atoms with van der Waals surface area (Å²) in [5, 5.41) is 15.5. The molecule has 1 aromatic heterocycles. The molecule has 0 aliphatic rings. The van der Waals surface area contributed by atoms with E-state index >= 15 is 4.39 Å². The molecule has 4 rings (SSSR count). The van der Waals surface area contributed by atoms with Gasteiger partial charge in [-0.3, -0.25) is 4.72 Å². The van der Waals surface area contributed by atoms with Crippen molar-refractivity contribution < 1.29 is 22.1 Å². The average molecular weight is 640 g/mol. The maximum absolute atomic E-state index is 15.2. The van der Waals surface area contributed by atoms with Gasteiger partial charge >= 0.3 is 0 Å². The maximum Gasteiger partial charge on any atom is 0.263 e. The first-order valence-electron chi connectivity index (χ1n) is 11.9. The number of rotatable bonds is 10. The lowest BCUT2D eigenvalue weighted by Crippen LogP contribution is -2.21. The van der Waals surface area contributed by atoms with E-state index < -0.39 is 31.6 Å². The zero-order valence-electron chi connectivity index (χ0n) is 21.7. The molecule has 2 atom stereocenters. The Kier molecular flexibility index (Phi) is 9.04. The van der Waals surface area contributed by atoms with Crippen molar-refractivity contribution in [3.05, 3.63) is 82.7 Å². The fourth-order valence-electron chi connectivity index (χ4n) is 3.63. The monoisotopic (exact) mass is 638 g/mol. The van der Waals surface area contributed by atoms with Crippen molar-refractivity contribution in [3.8, 4) is 11.1 Å². The summed E-state index contributed by atoms with van der Waals surface area (Å²) in [6.45, 7) is 1.51. The number of hydrogen-bond donors (Lipinski definition) is 5. The third-order valence-electron chi connectivity index (χ3n) is 5.74. The normalized spacial score (nSPS) is 13.7. The number of aliphatic hydroxyl groups excluding tert-OH is 1. The Morgan fingerprint density at radius 1 is 1.07 bits per heavy atom. The summed E-state index contributed by atoms with van der Waals surface area (Å²) in [7, 11) is -7.11. The number of aromatic nitrogens is 2. The topological polar surface area (TPSA) is 157 Å². The third-order valence-corrected chi connectivity index (χ3v) is 9.25. The number of aliphatic hydroxyl groups is 1. The van der Waals surface area contributed by atoms with Crippen LogP contribution in [0.4, 0.5) is 27.5 Å². The van der Waals surface area contributed by atoms with Gasteiger partial charge in [0.2, 0.25) is 5.95 Å². The van der Waals surface area contributed by atoms with Crippen LogP contribution in [0.25, 0.3) is 11.1 Å². The van der Waals surface area contributed by atoms with E-state index in [4.69, 9.17) is 28.0 Å². The summed E-state index contributed by atoms with van der Waals surface area (Å²) in [5.74, 6) is -0.406. The lowest BCUT2D eigenvalue weighted by Gasteiger charge is -2.17. The molecule has 0 bridgehead atoms. The molecule has 3 aromatic carbocycles. The molecule has 0 aliphatic carbocycles. The Morgan fingerprint density at radius 3 is 2.41 bits per heavy atom. The molecule has 0 radical (unpaired) electrons. The second-order valence-electron chi connectivity index (χ2n) is 9.03. The Hall–Kier alpha value is -3.49. The van der Waals surface area contributed by atoms with Crippen LogP contribution in [-0.2, 0) is 19.8 Å². The largest absolute Gasteiger partial charge is 0.394 e. The summed E-state index contributed by atoms with van der Waals surface area (Å²) < 4.78 is 62.7. The minimum Gasteiger partial charge on any atom is -0.394 e. The van der Waals surface area contributed by atoms with Crippen LogP contribution in [0, 0.1) is 10.6 Å². The van der Waals surface area contributed by atoms with E-state index in [0.29, 0.717) is 21.7 Å². The Bertz CT molecular complexity index is 1810. The second-order valence-corrected chi connectivity index (χ2v) is 13.6. The minimum atomic E-state index is -4.25. The van der Waals surface area contributed by atoms with E-state index in [1.165, 1.54) is 42.8 Å². The summed E-state index contributed by atoms with van der Waals surface area (Å²) in [4.78, 5) is 8.86. The van der Waals surface area contributed by atoms with Crippen LogP contribution in [0.1, 0.15) is 6.92 Å². The predicted molar refractivity (Wildman–Crippen MR) is 160 cm³/mol. The van der Waals surface area contributed by atoms with Crippen LogP contribution in [0.2, 0.25) is 10.0 Å². The SMILES string of the molecule is CC(CO)Nc1nc(Nc2ccc(S(C)(=N)=O)cc2)ncc1-c1ccc(NS(=O)(=O)c2cccc(Cl)c2Cl)c(F)c1. The van der Waals surface area contributed by atoms with Crippen LogP contribution < -0.4 is 15.4 Å². The number of nitrogens with one attached hydrogen (secondary N) is 4. The summed E-state index contributed by atoms with van der Waals surface area (Å²) in [6.07, 6.45) is 2.78. The molecule has 0 amide bonds. The highest BCUT2D eigenvalue weighted by atomic mass is 35.5. The van der Waals surface area contributed by atoms with Crippen LogP contribution in [0.5, 0.6) is 0 Å². The molecule has 10 nitrogen and oxygen atoms in total. The minimum absolute atomic E-state index is 0.0387. The quantitative estimate of drug-likeness (QED) is 0.142. The lowest BCUT2D eigenvalue weighted by atomic mass is 10.1. The number of halogens is 3. The van der Waals surface area contributed by atoms with Crippen molar-refractivity contribution in [2.75, 3.05) is 28.2 Å². The molecule has 0 saturated carbocycles. The van der Waals surface area contributed by atoms with Crippen LogP contribution in [0.3, 0.4) is 0 Å². The first-order valence-corrected chi connectivity index (χ1v) is 16.1. The molecule has 0 fully saturated rings. The average Bonchev–Trinajstić information content (AvgIpc) is 2.91. The molecular formula is C26H25Cl2FN6O4S2. The highest BCUT2D eigenvalue weighted by molar-refractivity contribution is 7.93. The van der Waals surface area contributed by atoms with E-state index in [0.717, 1.165) is 6.07 Å². The Morgan fingerprint density at radius 2 is 1.78 bits per heavy atom. The van der Waals surface area contributed by atoms with Crippen LogP contribution in [0.15, 0.2) is 76.7 Å². The molecule has 41 heavy (non-hydrogen) atoms. The molecule has 2 unspecified atom stereocenters.